The van der Waals surface area contributed by atoms with Gasteiger partial charge in [0, 0.05) is 24.8 Å². The summed E-state index contributed by atoms with van der Waals surface area (Å²) in [4.78, 5) is 2.04. The first-order chi connectivity index (χ1) is 9.20. The fourth-order valence-electron chi connectivity index (χ4n) is 2.12. The number of rotatable bonds is 5. The van der Waals surface area contributed by atoms with Crippen molar-refractivity contribution < 1.29 is 9.50 Å². The molecule has 0 saturated heterocycles. The molecule has 0 aromatic heterocycles. The zero-order chi connectivity index (χ0) is 13.7. The van der Waals surface area contributed by atoms with Gasteiger partial charge in [0.25, 0.3) is 0 Å². The van der Waals surface area contributed by atoms with Crippen molar-refractivity contribution in [3.8, 4) is 0 Å². The molecule has 100 valence electrons. The highest BCUT2D eigenvalue weighted by Gasteiger charge is 2.08. The number of halogens is 1. The lowest BCUT2D eigenvalue weighted by atomic mass is 10.1. The highest BCUT2D eigenvalue weighted by atomic mass is 19.1. The van der Waals surface area contributed by atoms with Crippen molar-refractivity contribution in [1.82, 2.24) is 0 Å². The average molecular weight is 259 g/mol. The van der Waals surface area contributed by atoms with Crippen LogP contribution in [-0.2, 0) is 13.0 Å². The van der Waals surface area contributed by atoms with Gasteiger partial charge in [-0.15, -0.1) is 0 Å². The third-order valence-corrected chi connectivity index (χ3v) is 3.20. The molecule has 0 saturated carbocycles. The van der Waals surface area contributed by atoms with E-state index < -0.39 is 0 Å². The van der Waals surface area contributed by atoms with Crippen molar-refractivity contribution in [3.05, 3.63) is 65.5 Å². The smallest absolute Gasteiger partial charge is 0.123 e. The Morgan fingerprint density at radius 2 is 1.84 bits per heavy atom. The molecule has 0 unspecified atom stereocenters. The molecule has 0 aliphatic heterocycles. The van der Waals surface area contributed by atoms with Crippen LogP contribution >= 0.6 is 0 Å². The Labute approximate surface area is 113 Å². The Morgan fingerprint density at radius 3 is 2.53 bits per heavy atom. The molecule has 0 atom stereocenters. The number of nitrogens with zero attached hydrogens (tertiary/aromatic N) is 1. The summed E-state index contributed by atoms with van der Waals surface area (Å²) in [5.74, 6) is -0.316. The van der Waals surface area contributed by atoms with Crippen LogP contribution in [0.15, 0.2) is 48.5 Å². The van der Waals surface area contributed by atoms with Gasteiger partial charge in [0.1, 0.15) is 5.82 Å². The lowest BCUT2D eigenvalue weighted by Gasteiger charge is -2.22. The number of hydrogen-bond donors (Lipinski definition) is 1. The van der Waals surface area contributed by atoms with Crippen LogP contribution in [0.5, 0.6) is 0 Å². The maximum atomic E-state index is 13.1. The number of hydrogen-bond acceptors (Lipinski definition) is 2. The van der Waals surface area contributed by atoms with Gasteiger partial charge in [0.2, 0.25) is 0 Å². The molecule has 2 aromatic carbocycles. The maximum Gasteiger partial charge on any atom is 0.123 e. The van der Waals surface area contributed by atoms with Gasteiger partial charge < -0.3 is 10.0 Å². The largest absolute Gasteiger partial charge is 0.392 e. The van der Waals surface area contributed by atoms with Crippen LogP contribution in [0.3, 0.4) is 0 Å². The van der Waals surface area contributed by atoms with Crippen molar-refractivity contribution in [2.45, 2.75) is 13.0 Å². The molecule has 2 nitrogen and oxygen atoms in total. The molecule has 3 heteroatoms. The van der Waals surface area contributed by atoms with Gasteiger partial charge in [-0.25, -0.2) is 4.39 Å². The molecule has 0 aliphatic carbocycles. The molecule has 19 heavy (non-hydrogen) atoms. The Kier molecular flexibility index (Phi) is 4.53. The van der Waals surface area contributed by atoms with E-state index in [0.717, 1.165) is 18.7 Å². The average Bonchev–Trinajstić information content (AvgIpc) is 2.45. The lowest BCUT2D eigenvalue weighted by Crippen LogP contribution is -2.21. The first-order valence-electron chi connectivity index (χ1n) is 6.35. The number of anilines is 1. The van der Waals surface area contributed by atoms with E-state index in [2.05, 4.69) is 12.1 Å². The van der Waals surface area contributed by atoms with Gasteiger partial charge in [-0.1, -0.05) is 30.3 Å². The molecule has 0 spiro atoms. The van der Waals surface area contributed by atoms with E-state index in [1.165, 1.54) is 17.7 Å². The van der Waals surface area contributed by atoms with Crippen LogP contribution in [0.4, 0.5) is 10.1 Å². The lowest BCUT2D eigenvalue weighted by molar-refractivity contribution is 0.281. The zero-order valence-corrected chi connectivity index (χ0v) is 11.0. The number of aliphatic hydroxyl groups excluding tert-OH is 1. The van der Waals surface area contributed by atoms with Crippen molar-refractivity contribution in [1.29, 1.82) is 0 Å². The molecule has 2 rings (SSSR count). The summed E-state index contributed by atoms with van der Waals surface area (Å²) in [7, 11) is 1.95. The third-order valence-electron chi connectivity index (χ3n) is 3.20. The fourth-order valence-corrected chi connectivity index (χ4v) is 2.12. The summed E-state index contributed by atoms with van der Waals surface area (Å²) in [6, 6.07) is 14.7. The highest BCUT2D eigenvalue weighted by molar-refractivity contribution is 5.53. The first-order valence-corrected chi connectivity index (χ1v) is 6.35. The third kappa shape index (κ3) is 3.55. The van der Waals surface area contributed by atoms with Crippen LogP contribution in [0, 0.1) is 5.82 Å². The molecule has 0 bridgehead atoms. The van der Waals surface area contributed by atoms with Gasteiger partial charge in [0.05, 0.1) is 6.61 Å². The van der Waals surface area contributed by atoms with Crippen LogP contribution in [0.2, 0.25) is 0 Å². The summed E-state index contributed by atoms with van der Waals surface area (Å²) in [5.41, 5.74) is 2.76. The summed E-state index contributed by atoms with van der Waals surface area (Å²) in [5, 5.41) is 9.28. The normalized spacial score (nSPS) is 10.5. The van der Waals surface area contributed by atoms with E-state index >= 15 is 0 Å². The Balaban J connectivity index is 2.05. The summed E-state index contributed by atoms with van der Waals surface area (Å²) in [6.45, 7) is 0.672. The topological polar surface area (TPSA) is 23.5 Å². The van der Waals surface area contributed by atoms with Crippen molar-refractivity contribution in [3.63, 3.8) is 0 Å². The molecule has 2 aromatic rings. The minimum atomic E-state index is -0.316. The van der Waals surface area contributed by atoms with Crippen molar-refractivity contribution in [2.75, 3.05) is 18.5 Å². The van der Waals surface area contributed by atoms with E-state index in [0.29, 0.717) is 5.56 Å². The standard InChI is InChI=1S/C16H18FNO/c1-18(10-9-13-5-3-2-4-6-13)16-8-7-15(17)11-14(16)12-19/h2-8,11,19H,9-10,12H2,1H3. The predicted octanol–water partition coefficient (Wildman–Crippen LogP) is 3.00. The molecule has 0 amide bonds. The van der Waals surface area contributed by atoms with Crippen LogP contribution < -0.4 is 4.90 Å². The van der Waals surface area contributed by atoms with E-state index in [1.807, 2.05) is 30.1 Å². The number of benzene rings is 2. The van der Waals surface area contributed by atoms with Gasteiger partial charge >= 0.3 is 0 Å². The second kappa shape index (κ2) is 6.34. The fraction of sp³-hybridized carbons (Fsp3) is 0.250. The quantitative estimate of drug-likeness (QED) is 0.892. The second-order valence-corrected chi connectivity index (χ2v) is 4.59. The molecule has 0 heterocycles. The van der Waals surface area contributed by atoms with Crippen LogP contribution in [0.1, 0.15) is 11.1 Å². The van der Waals surface area contributed by atoms with Crippen molar-refractivity contribution >= 4 is 5.69 Å². The van der Waals surface area contributed by atoms with Gasteiger partial charge in [-0.2, -0.15) is 0 Å². The van der Waals surface area contributed by atoms with Gasteiger partial charge in [-0.05, 0) is 30.2 Å². The Bertz CT molecular complexity index is 528. The van der Waals surface area contributed by atoms with E-state index in [-0.39, 0.29) is 12.4 Å². The van der Waals surface area contributed by atoms with Gasteiger partial charge in [0.15, 0.2) is 0 Å². The molecule has 0 fully saturated rings. The minimum Gasteiger partial charge on any atom is -0.392 e. The van der Waals surface area contributed by atoms with E-state index in [9.17, 15) is 9.50 Å². The SMILES string of the molecule is CN(CCc1ccccc1)c1ccc(F)cc1CO. The number of likely N-dealkylation sites (N-methyl/N-ethyl adjacent to an activating group) is 1. The van der Waals surface area contributed by atoms with E-state index in [1.54, 1.807) is 6.07 Å². The van der Waals surface area contributed by atoms with Crippen LogP contribution in [0.25, 0.3) is 0 Å². The number of aliphatic hydroxyl groups is 1. The highest BCUT2D eigenvalue weighted by Crippen LogP contribution is 2.21. The predicted molar refractivity (Wildman–Crippen MR) is 75.7 cm³/mol. The van der Waals surface area contributed by atoms with Gasteiger partial charge in [-0.3, -0.25) is 0 Å². The first kappa shape index (κ1) is 13.6. The monoisotopic (exact) mass is 259 g/mol. The molecule has 0 radical (unpaired) electrons. The maximum absolute atomic E-state index is 13.1. The minimum absolute atomic E-state index is 0.150. The van der Waals surface area contributed by atoms with E-state index in [4.69, 9.17) is 0 Å². The molecule has 1 N–H and O–H groups in total. The van der Waals surface area contributed by atoms with Crippen LogP contribution in [-0.4, -0.2) is 18.7 Å². The summed E-state index contributed by atoms with van der Waals surface area (Å²) >= 11 is 0. The second-order valence-electron chi connectivity index (χ2n) is 4.59. The summed E-state index contributed by atoms with van der Waals surface area (Å²) < 4.78 is 13.1. The summed E-state index contributed by atoms with van der Waals surface area (Å²) in [6.07, 6.45) is 0.916. The molecular formula is C16H18FNO. The Morgan fingerprint density at radius 1 is 1.11 bits per heavy atom. The van der Waals surface area contributed by atoms with Crippen molar-refractivity contribution in [2.24, 2.45) is 0 Å². The molecule has 0 aliphatic rings. The Hall–Kier alpha value is -1.87. The molecular weight excluding hydrogens is 241 g/mol. The zero-order valence-electron chi connectivity index (χ0n) is 11.0.